The number of aryl methyl sites for hydroxylation is 1. The Hall–Kier alpha value is -2.61. The van der Waals surface area contributed by atoms with E-state index < -0.39 is 16.0 Å². The molecule has 0 saturated carbocycles. The molecule has 1 aromatic carbocycles. The summed E-state index contributed by atoms with van der Waals surface area (Å²) in [5.74, 6) is 0.0165. The first kappa shape index (κ1) is 17.2. The molecule has 3 rings (SSSR count). The van der Waals surface area contributed by atoms with Gasteiger partial charge in [-0.25, -0.2) is 13.2 Å². The second-order valence-electron chi connectivity index (χ2n) is 5.71. The van der Waals surface area contributed by atoms with Gasteiger partial charge in [0.2, 0.25) is 0 Å². The van der Waals surface area contributed by atoms with Crippen LogP contribution in [0.1, 0.15) is 11.1 Å². The lowest BCUT2D eigenvalue weighted by Gasteiger charge is -2.28. The third-order valence-corrected chi connectivity index (χ3v) is 5.02. The normalized spacial score (nSPS) is 18.1. The monoisotopic (exact) mass is 362 g/mol. The highest BCUT2D eigenvalue weighted by Crippen LogP contribution is 2.22. The lowest BCUT2D eigenvalue weighted by atomic mass is 10.1. The number of esters is 1. The van der Waals surface area contributed by atoms with Gasteiger partial charge in [0.25, 0.3) is 10.0 Å². The zero-order chi connectivity index (χ0) is 18.0. The van der Waals surface area contributed by atoms with E-state index in [1.807, 2.05) is 19.1 Å². The number of hydrogen-bond acceptors (Lipinski definition) is 6. The number of amidine groups is 1. The predicted molar refractivity (Wildman–Crippen MR) is 92.7 cm³/mol. The number of rotatable bonds is 4. The van der Waals surface area contributed by atoms with E-state index in [9.17, 15) is 13.2 Å². The Morgan fingerprint density at radius 3 is 2.92 bits per heavy atom. The van der Waals surface area contributed by atoms with Crippen molar-refractivity contribution in [1.29, 1.82) is 0 Å². The van der Waals surface area contributed by atoms with Crippen LogP contribution in [-0.2, 0) is 26.2 Å². The van der Waals surface area contributed by atoms with Crippen molar-refractivity contribution in [3.05, 3.63) is 53.3 Å². The van der Waals surface area contributed by atoms with Crippen LogP contribution in [0.4, 0.5) is 0 Å². The van der Waals surface area contributed by atoms with Gasteiger partial charge < -0.3 is 14.4 Å². The molecule has 132 valence electrons. The molecular weight excluding hydrogens is 344 g/mol. The van der Waals surface area contributed by atoms with Crippen LogP contribution in [0.15, 0.2) is 46.5 Å². The largest absolute Gasteiger partial charge is 0.496 e. The van der Waals surface area contributed by atoms with Crippen LogP contribution in [0, 0.1) is 6.92 Å². The van der Waals surface area contributed by atoms with E-state index in [-0.39, 0.29) is 30.3 Å². The zero-order valence-corrected chi connectivity index (χ0v) is 14.7. The number of hydrogen-bond donors (Lipinski definition) is 0. The van der Waals surface area contributed by atoms with Gasteiger partial charge in [-0.3, -0.25) is 0 Å². The Morgan fingerprint density at radius 1 is 1.36 bits per heavy atom. The molecule has 2 aliphatic rings. The Morgan fingerprint density at radius 2 is 2.16 bits per heavy atom. The number of nitrogens with zero attached hydrogens (tertiary/aromatic N) is 2. The topological polar surface area (TPSA) is 85.3 Å². The molecule has 0 radical (unpaired) electrons. The Bertz CT molecular complexity index is 900. The van der Waals surface area contributed by atoms with Crippen molar-refractivity contribution in [2.75, 3.05) is 19.4 Å². The number of ether oxygens (including phenoxy) is 2. The molecule has 2 aliphatic heterocycles. The summed E-state index contributed by atoms with van der Waals surface area (Å²) in [7, 11) is -2.01. The number of fused-ring (bicyclic) bond motifs is 1. The molecule has 0 N–H and O–H groups in total. The van der Waals surface area contributed by atoms with Crippen LogP contribution < -0.4 is 4.74 Å². The maximum absolute atomic E-state index is 12.5. The third-order valence-electron chi connectivity index (χ3n) is 3.87. The summed E-state index contributed by atoms with van der Waals surface area (Å²) < 4.78 is 37.8. The van der Waals surface area contributed by atoms with E-state index in [1.165, 1.54) is 6.08 Å². The lowest BCUT2D eigenvalue weighted by Crippen LogP contribution is -2.40. The van der Waals surface area contributed by atoms with Crippen LogP contribution in [0.25, 0.3) is 0 Å². The summed E-state index contributed by atoms with van der Waals surface area (Å²) in [6.45, 7) is 2.21. The predicted octanol–water partition coefficient (Wildman–Crippen LogP) is 1.54. The first-order valence-electron chi connectivity index (χ1n) is 7.68. The van der Waals surface area contributed by atoms with Crippen molar-refractivity contribution in [2.24, 2.45) is 4.40 Å². The Labute approximate surface area is 146 Å². The molecule has 0 atom stereocenters. The zero-order valence-electron chi connectivity index (χ0n) is 13.9. The molecule has 25 heavy (non-hydrogen) atoms. The minimum Gasteiger partial charge on any atom is -0.496 e. The van der Waals surface area contributed by atoms with Crippen molar-refractivity contribution >= 4 is 21.8 Å². The van der Waals surface area contributed by atoms with Gasteiger partial charge >= 0.3 is 5.97 Å². The second-order valence-corrected chi connectivity index (χ2v) is 7.46. The van der Waals surface area contributed by atoms with Gasteiger partial charge in [-0.05, 0) is 31.2 Å². The minimum absolute atomic E-state index is 0.0186. The maximum atomic E-state index is 12.5. The number of carbonyl (C=O) groups excluding carboxylic acids is 1. The number of sulfonamides is 1. The third kappa shape index (κ3) is 3.74. The molecule has 0 amide bonds. The standard InChI is InChI=1S/C17H18N2O5S/c1-12-5-6-15(23-2)13(10-12)11-24-17(20)14-4-3-7-19-8-9-25(21,22)18-16(14)19/h3-7,10H,8-9,11H2,1-2H3. The highest BCUT2D eigenvalue weighted by molar-refractivity contribution is 7.90. The van der Waals surface area contributed by atoms with Crippen molar-refractivity contribution in [1.82, 2.24) is 4.90 Å². The highest BCUT2D eigenvalue weighted by Gasteiger charge is 2.30. The summed E-state index contributed by atoms with van der Waals surface area (Å²) in [5, 5.41) is 0. The lowest BCUT2D eigenvalue weighted by molar-refractivity contribution is -0.139. The fourth-order valence-electron chi connectivity index (χ4n) is 2.62. The van der Waals surface area contributed by atoms with Crippen LogP contribution in [0.2, 0.25) is 0 Å². The quantitative estimate of drug-likeness (QED) is 0.756. The van der Waals surface area contributed by atoms with Gasteiger partial charge in [-0.15, -0.1) is 4.40 Å². The number of methoxy groups -OCH3 is 1. The molecule has 0 fully saturated rings. The molecule has 0 unspecified atom stereocenters. The smallest absolute Gasteiger partial charge is 0.342 e. The average molecular weight is 362 g/mol. The fraction of sp³-hybridized carbons (Fsp3) is 0.294. The van der Waals surface area contributed by atoms with Crippen molar-refractivity contribution in [3.63, 3.8) is 0 Å². The van der Waals surface area contributed by atoms with Crippen LogP contribution in [0.3, 0.4) is 0 Å². The van der Waals surface area contributed by atoms with E-state index in [2.05, 4.69) is 4.40 Å². The minimum atomic E-state index is -3.56. The maximum Gasteiger partial charge on any atom is 0.342 e. The summed E-state index contributed by atoms with van der Waals surface area (Å²) in [4.78, 5) is 14.1. The van der Waals surface area contributed by atoms with Crippen molar-refractivity contribution in [2.45, 2.75) is 13.5 Å². The Balaban J connectivity index is 1.80. The Kier molecular flexibility index (Phi) is 4.63. The van der Waals surface area contributed by atoms with E-state index >= 15 is 0 Å². The van der Waals surface area contributed by atoms with Crippen molar-refractivity contribution in [3.8, 4) is 5.75 Å². The first-order chi connectivity index (χ1) is 11.9. The van der Waals surface area contributed by atoms with Crippen LogP contribution in [-0.4, -0.2) is 44.5 Å². The molecule has 2 heterocycles. The van der Waals surface area contributed by atoms with E-state index in [0.29, 0.717) is 5.75 Å². The van der Waals surface area contributed by atoms with Gasteiger partial charge in [0.15, 0.2) is 5.84 Å². The van der Waals surface area contributed by atoms with Gasteiger partial charge in [0.1, 0.15) is 17.9 Å². The molecule has 7 nitrogen and oxygen atoms in total. The fourth-order valence-corrected chi connectivity index (χ4v) is 3.60. The second kappa shape index (κ2) is 6.72. The van der Waals surface area contributed by atoms with Crippen LogP contribution in [0.5, 0.6) is 5.75 Å². The van der Waals surface area contributed by atoms with Gasteiger partial charge in [0.05, 0.1) is 12.9 Å². The summed E-state index contributed by atoms with van der Waals surface area (Å²) >= 11 is 0. The summed E-state index contributed by atoms with van der Waals surface area (Å²) in [5.41, 5.74) is 1.87. The van der Waals surface area contributed by atoms with E-state index in [1.54, 1.807) is 30.4 Å². The SMILES string of the molecule is COc1ccc(C)cc1COC(=O)C1=CC=CN2CCS(=O)(=O)N=C12. The molecule has 1 aromatic rings. The number of allylic oxidation sites excluding steroid dienone is 2. The van der Waals surface area contributed by atoms with E-state index in [4.69, 9.17) is 9.47 Å². The first-order valence-corrected chi connectivity index (χ1v) is 9.29. The van der Waals surface area contributed by atoms with Crippen molar-refractivity contribution < 1.29 is 22.7 Å². The molecule has 0 spiro atoms. The summed E-state index contributed by atoms with van der Waals surface area (Å²) in [6.07, 6.45) is 4.86. The van der Waals surface area contributed by atoms with Crippen LogP contribution >= 0.6 is 0 Å². The highest BCUT2D eigenvalue weighted by atomic mass is 32.2. The van der Waals surface area contributed by atoms with Gasteiger partial charge in [-0.1, -0.05) is 11.6 Å². The average Bonchev–Trinajstić information content (AvgIpc) is 2.58. The molecular formula is C17H18N2O5S. The summed E-state index contributed by atoms with van der Waals surface area (Å²) in [6, 6.07) is 5.58. The van der Waals surface area contributed by atoms with E-state index in [0.717, 1.165) is 11.1 Å². The molecule has 0 saturated heterocycles. The molecule has 0 bridgehead atoms. The molecule has 0 aromatic heterocycles. The number of benzene rings is 1. The molecule has 0 aliphatic carbocycles. The van der Waals surface area contributed by atoms with Gasteiger partial charge in [-0.2, -0.15) is 0 Å². The number of carbonyl (C=O) groups is 1. The molecule has 8 heteroatoms. The van der Waals surface area contributed by atoms with Gasteiger partial charge in [0, 0.05) is 18.3 Å².